The molecular weight excluding hydrogens is 268 g/mol. The Kier molecular flexibility index (Phi) is 2.92. The lowest BCUT2D eigenvalue weighted by molar-refractivity contribution is 0.102. The van der Waals surface area contributed by atoms with Gasteiger partial charge >= 0.3 is 0 Å². The third-order valence-corrected chi connectivity index (χ3v) is 2.99. The predicted molar refractivity (Wildman–Crippen MR) is 65.5 cm³/mol. The number of aryl methyl sites for hydroxylation is 2. The Morgan fingerprint density at radius 2 is 2.12 bits per heavy atom. The lowest BCUT2D eigenvalue weighted by Crippen LogP contribution is -2.09. The Labute approximate surface area is 102 Å². The molecule has 0 bridgehead atoms. The molecule has 0 amide bonds. The van der Waals surface area contributed by atoms with Crippen LogP contribution in [0.4, 0.5) is 0 Å². The molecule has 1 aromatic carbocycles. The van der Waals surface area contributed by atoms with E-state index in [1.165, 1.54) is 0 Å². The van der Waals surface area contributed by atoms with E-state index in [1.54, 1.807) is 24.0 Å². The van der Waals surface area contributed by atoms with Gasteiger partial charge in [0.05, 0.1) is 0 Å². The van der Waals surface area contributed by atoms with E-state index in [4.69, 9.17) is 0 Å². The summed E-state index contributed by atoms with van der Waals surface area (Å²) in [6, 6.07) is 7.41. The number of halogens is 1. The van der Waals surface area contributed by atoms with Crippen LogP contribution in [0.5, 0.6) is 0 Å². The maximum Gasteiger partial charge on any atom is 0.211 e. The summed E-state index contributed by atoms with van der Waals surface area (Å²) in [5.41, 5.74) is 2.27. The van der Waals surface area contributed by atoms with Gasteiger partial charge < -0.3 is 0 Å². The molecule has 0 aliphatic carbocycles. The highest BCUT2D eigenvalue weighted by atomic mass is 79.9. The van der Waals surface area contributed by atoms with Crippen molar-refractivity contribution in [2.75, 3.05) is 0 Å². The van der Waals surface area contributed by atoms with Crippen LogP contribution in [0.3, 0.4) is 0 Å². The first-order chi connectivity index (χ1) is 7.59. The van der Waals surface area contributed by atoms with Gasteiger partial charge in [-0.05, 0) is 30.7 Å². The highest BCUT2D eigenvalue weighted by Crippen LogP contribution is 2.19. The third-order valence-electron chi connectivity index (χ3n) is 2.50. The molecule has 1 aromatic heterocycles. The van der Waals surface area contributed by atoms with E-state index in [1.807, 2.05) is 25.1 Å². The van der Waals surface area contributed by atoms with Crippen LogP contribution in [-0.2, 0) is 7.05 Å². The molecule has 1 heterocycles. The van der Waals surface area contributed by atoms with Gasteiger partial charge in [-0.1, -0.05) is 22.0 Å². The van der Waals surface area contributed by atoms with E-state index in [9.17, 15) is 4.79 Å². The summed E-state index contributed by atoms with van der Waals surface area (Å²) in [5, 5.41) is 4.00. The average molecular weight is 279 g/mol. The topological polar surface area (TPSA) is 34.9 Å². The summed E-state index contributed by atoms with van der Waals surface area (Å²) in [6.45, 7) is 1.93. The van der Waals surface area contributed by atoms with Crippen molar-refractivity contribution in [3.63, 3.8) is 0 Å². The second-order valence-electron chi connectivity index (χ2n) is 3.63. The number of carbonyl (C=O) groups is 1. The maximum atomic E-state index is 12.2. The lowest BCUT2D eigenvalue weighted by atomic mass is 10.0. The van der Waals surface area contributed by atoms with Crippen molar-refractivity contribution in [3.8, 4) is 0 Å². The second-order valence-corrected chi connectivity index (χ2v) is 4.54. The zero-order chi connectivity index (χ0) is 11.7. The van der Waals surface area contributed by atoms with Gasteiger partial charge in [-0.15, -0.1) is 0 Å². The minimum Gasteiger partial charge on any atom is -0.287 e. The Morgan fingerprint density at radius 1 is 1.38 bits per heavy atom. The number of rotatable bonds is 2. The predicted octanol–water partition coefficient (Wildman–Crippen LogP) is 2.72. The molecule has 0 aliphatic heterocycles. The van der Waals surface area contributed by atoms with Crippen LogP contribution in [0.25, 0.3) is 0 Å². The zero-order valence-corrected chi connectivity index (χ0v) is 10.7. The molecular formula is C12H11BrN2O. The van der Waals surface area contributed by atoms with E-state index in [2.05, 4.69) is 21.0 Å². The molecule has 0 N–H and O–H groups in total. The van der Waals surface area contributed by atoms with Crippen LogP contribution in [0, 0.1) is 6.92 Å². The molecule has 16 heavy (non-hydrogen) atoms. The van der Waals surface area contributed by atoms with Crippen molar-refractivity contribution >= 4 is 21.7 Å². The number of nitrogens with zero attached hydrogens (tertiary/aromatic N) is 2. The van der Waals surface area contributed by atoms with E-state index >= 15 is 0 Å². The third kappa shape index (κ3) is 1.93. The highest BCUT2D eigenvalue weighted by molar-refractivity contribution is 9.10. The lowest BCUT2D eigenvalue weighted by Gasteiger charge is -2.05. The Balaban J connectivity index is 2.49. The van der Waals surface area contributed by atoms with Gasteiger partial charge in [0, 0.05) is 23.3 Å². The molecule has 0 unspecified atom stereocenters. The number of aromatic nitrogens is 2. The minimum atomic E-state index is -0.00111. The number of carbonyl (C=O) groups excluding carboxylic acids is 1. The highest BCUT2D eigenvalue weighted by Gasteiger charge is 2.14. The number of hydrogen-bond donors (Lipinski definition) is 0. The Bertz CT molecular complexity index is 546. The van der Waals surface area contributed by atoms with Gasteiger partial charge in [-0.25, -0.2) is 0 Å². The van der Waals surface area contributed by atoms with Crippen molar-refractivity contribution in [2.24, 2.45) is 7.05 Å². The molecule has 0 saturated carbocycles. The molecule has 0 atom stereocenters. The first-order valence-electron chi connectivity index (χ1n) is 4.88. The van der Waals surface area contributed by atoms with Gasteiger partial charge in [-0.3, -0.25) is 9.48 Å². The fraction of sp³-hybridized carbons (Fsp3) is 0.167. The summed E-state index contributed by atoms with van der Waals surface area (Å²) in [5.74, 6) is -0.00111. The quantitative estimate of drug-likeness (QED) is 0.792. The molecule has 0 radical (unpaired) electrons. The summed E-state index contributed by atoms with van der Waals surface area (Å²) >= 11 is 3.37. The molecule has 82 valence electrons. The number of ketones is 1. The van der Waals surface area contributed by atoms with E-state index in [-0.39, 0.29) is 5.78 Å². The van der Waals surface area contributed by atoms with Crippen molar-refractivity contribution in [1.82, 2.24) is 9.78 Å². The van der Waals surface area contributed by atoms with Crippen molar-refractivity contribution in [1.29, 1.82) is 0 Å². The second kappa shape index (κ2) is 4.22. The molecule has 2 rings (SSSR count). The molecule has 0 saturated heterocycles. The molecule has 2 aromatic rings. The fourth-order valence-corrected chi connectivity index (χ4v) is 1.93. The SMILES string of the molecule is Cc1ccc(Br)cc1C(=O)c1ccnn1C. The van der Waals surface area contributed by atoms with Crippen LogP contribution in [0.15, 0.2) is 34.9 Å². The van der Waals surface area contributed by atoms with Gasteiger partial charge in [0.15, 0.2) is 0 Å². The maximum absolute atomic E-state index is 12.2. The monoisotopic (exact) mass is 278 g/mol. The van der Waals surface area contributed by atoms with E-state index in [0.717, 1.165) is 10.0 Å². The van der Waals surface area contributed by atoms with Crippen LogP contribution in [0.2, 0.25) is 0 Å². The van der Waals surface area contributed by atoms with E-state index in [0.29, 0.717) is 11.3 Å². The first-order valence-corrected chi connectivity index (χ1v) is 5.68. The largest absolute Gasteiger partial charge is 0.287 e. The molecule has 0 aliphatic rings. The first kappa shape index (κ1) is 11.1. The smallest absolute Gasteiger partial charge is 0.211 e. The van der Waals surface area contributed by atoms with Gasteiger partial charge in [0.1, 0.15) is 5.69 Å². The molecule has 4 heteroatoms. The van der Waals surface area contributed by atoms with E-state index < -0.39 is 0 Å². The average Bonchev–Trinajstić information content (AvgIpc) is 2.67. The Morgan fingerprint density at radius 3 is 2.75 bits per heavy atom. The van der Waals surface area contributed by atoms with Gasteiger partial charge in [0.2, 0.25) is 5.78 Å². The summed E-state index contributed by atoms with van der Waals surface area (Å²) in [7, 11) is 1.76. The number of benzene rings is 1. The van der Waals surface area contributed by atoms with Crippen LogP contribution >= 0.6 is 15.9 Å². The summed E-state index contributed by atoms with van der Waals surface area (Å²) < 4.78 is 2.49. The van der Waals surface area contributed by atoms with Gasteiger partial charge in [0.25, 0.3) is 0 Å². The molecule has 0 spiro atoms. The summed E-state index contributed by atoms with van der Waals surface area (Å²) in [4.78, 5) is 12.2. The molecule has 0 fully saturated rings. The molecule has 3 nitrogen and oxygen atoms in total. The minimum absolute atomic E-state index is 0.00111. The van der Waals surface area contributed by atoms with Gasteiger partial charge in [-0.2, -0.15) is 5.10 Å². The number of hydrogen-bond acceptors (Lipinski definition) is 2. The zero-order valence-electron chi connectivity index (χ0n) is 9.07. The van der Waals surface area contributed by atoms with Crippen LogP contribution in [-0.4, -0.2) is 15.6 Å². The van der Waals surface area contributed by atoms with Crippen molar-refractivity contribution in [3.05, 3.63) is 51.8 Å². The normalized spacial score (nSPS) is 10.4. The summed E-state index contributed by atoms with van der Waals surface area (Å²) in [6.07, 6.45) is 1.63. The van der Waals surface area contributed by atoms with Crippen molar-refractivity contribution in [2.45, 2.75) is 6.92 Å². The van der Waals surface area contributed by atoms with Crippen LogP contribution < -0.4 is 0 Å². The van der Waals surface area contributed by atoms with Crippen LogP contribution in [0.1, 0.15) is 21.6 Å². The van der Waals surface area contributed by atoms with Crippen molar-refractivity contribution < 1.29 is 4.79 Å². The fourth-order valence-electron chi connectivity index (χ4n) is 1.57. The standard InChI is InChI=1S/C12H11BrN2O/c1-8-3-4-9(13)7-10(8)12(16)11-5-6-14-15(11)2/h3-7H,1-2H3. The Hall–Kier alpha value is -1.42.